The third-order valence-electron chi connectivity index (χ3n) is 4.40. The molecule has 194 valence electrons. The highest BCUT2D eigenvalue weighted by molar-refractivity contribution is 5.55. The lowest BCUT2D eigenvalue weighted by molar-refractivity contribution is -0.162. The minimum atomic E-state index is -5.85. The summed E-state index contributed by atoms with van der Waals surface area (Å²) in [6.45, 7) is 0. The zero-order valence-corrected chi connectivity index (χ0v) is 16.8. The van der Waals surface area contributed by atoms with Gasteiger partial charge in [0, 0.05) is 18.2 Å². The summed E-state index contributed by atoms with van der Waals surface area (Å²) < 4.78 is 172. The van der Waals surface area contributed by atoms with Crippen LogP contribution in [0.15, 0.2) is 24.3 Å². The van der Waals surface area contributed by atoms with E-state index in [2.05, 4.69) is 9.47 Å². The minimum absolute atomic E-state index is 0.0197. The van der Waals surface area contributed by atoms with Crippen LogP contribution in [0.4, 0.5) is 64.1 Å². The van der Waals surface area contributed by atoms with Crippen LogP contribution in [0.5, 0.6) is 23.0 Å². The van der Waals surface area contributed by atoms with Crippen molar-refractivity contribution >= 4 is 11.4 Å². The Morgan fingerprint density at radius 2 is 0.944 bits per heavy atom. The molecule has 0 saturated carbocycles. The van der Waals surface area contributed by atoms with Crippen molar-refractivity contribution in [2.24, 2.45) is 0 Å². The molecule has 16 heteroatoms. The first-order valence-electron chi connectivity index (χ1n) is 8.97. The van der Waals surface area contributed by atoms with Crippen LogP contribution in [0.2, 0.25) is 0 Å². The van der Waals surface area contributed by atoms with Gasteiger partial charge in [-0.15, -0.1) is 0 Å². The van der Waals surface area contributed by atoms with Crippen LogP contribution in [0, 0.1) is 34.9 Å². The van der Waals surface area contributed by atoms with Gasteiger partial charge in [0.05, 0.1) is 16.9 Å². The fourth-order valence-corrected chi connectivity index (χ4v) is 2.84. The van der Waals surface area contributed by atoms with E-state index in [-0.39, 0.29) is 24.3 Å². The van der Waals surface area contributed by atoms with Gasteiger partial charge < -0.3 is 20.9 Å². The molecule has 0 saturated heterocycles. The van der Waals surface area contributed by atoms with Gasteiger partial charge in [0.25, 0.3) is 0 Å². The SMILES string of the molecule is Nc1cc(Oc2cc(Oc3cc(N)c(F)c(F)c3F)c(C(F)(F)F)c(C(F)(F)F)c2)c(F)c(F)c1F. The fourth-order valence-electron chi connectivity index (χ4n) is 2.84. The third kappa shape index (κ3) is 4.87. The van der Waals surface area contributed by atoms with Gasteiger partial charge in [-0.25, -0.2) is 17.6 Å². The molecule has 0 radical (unpaired) electrons. The number of halogens is 12. The lowest BCUT2D eigenvalue weighted by Gasteiger charge is -2.21. The van der Waals surface area contributed by atoms with E-state index >= 15 is 0 Å². The highest BCUT2D eigenvalue weighted by atomic mass is 19.4. The Bertz CT molecular complexity index is 1350. The van der Waals surface area contributed by atoms with Gasteiger partial charge in [-0.05, 0) is 6.07 Å². The average molecular weight is 536 g/mol. The molecule has 4 N–H and O–H groups in total. The Kier molecular flexibility index (Phi) is 6.59. The van der Waals surface area contributed by atoms with Crippen molar-refractivity contribution in [1.29, 1.82) is 0 Å². The highest BCUT2D eigenvalue weighted by Gasteiger charge is 2.46. The van der Waals surface area contributed by atoms with Crippen LogP contribution in [0.25, 0.3) is 0 Å². The zero-order valence-electron chi connectivity index (χ0n) is 16.8. The quantitative estimate of drug-likeness (QED) is 0.209. The highest BCUT2D eigenvalue weighted by Crippen LogP contribution is 2.49. The standard InChI is InChI=1S/C20H8F12N2O2/c21-13-7(33)3-10(15(23)17(13)25)35-5-1-6(19(27,28)29)12(20(30,31)32)9(2-5)36-11-4-8(34)14(22)18(26)16(11)24/h1-4H,33-34H2. The molecule has 3 rings (SSSR count). The van der Waals surface area contributed by atoms with Gasteiger partial charge in [-0.3, -0.25) is 0 Å². The molecule has 0 aliphatic heterocycles. The van der Waals surface area contributed by atoms with E-state index in [0.717, 1.165) is 0 Å². The van der Waals surface area contributed by atoms with E-state index < -0.39 is 92.8 Å². The molecule has 0 fully saturated rings. The first-order chi connectivity index (χ1) is 16.4. The summed E-state index contributed by atoms with van der Waals surface area (Å²) >= 11 is 0. The van der Waals surface area contributed by atoms with E-state index in [0.29, 0.717) is 0 Å². The van der Waals surface area contributed by atoms with E-state index in [1.807, 2.05) is 0 Å². The number of nitrogen functional groups attached to an aromatic ring is 2. The Labute approximate surface area is 191 Å². The van der Waals surface area contributed by atoms with Crippen molar-refractivity contribution in [3.8, 4) is 23.0 Å². The van der Waals surface area contributed by atoms with Gasteiger partial charge in [-0.1, -0.05) is 0 Å². The summed E-state index contributed by atoms with van der Waals surface area (Å²) in [6.07, 6.45) is -11.7. The molecule has 0 heterocycles. The molecule has 0 spiro atoms. The maximum Gasteiger partial charge on any atom is 0.420 e. The van der Waals surface area contributed by atoms with E-state index in [1.165, 1.54) is 0 Å². The molecule has 0 aromatic heterocycles. The molecule has 0 amide bonds. The Morgan fingerprint density at radius 3 is 1.36 bits per heavy atom. The predicted molar refractivity (Wildman–Crippen MR) is 98.1 cm³/mol. The predicted octanol–water partition coefficient (Wildman–Crippen LogP) is 7.31. The Balaban J connectivity index is 2.28. The normalized spacial score (nSPS) is 12.1. The van der Waals surface area contributed by atoms with Gasteiger partial charge >= 0.3 is 12.4 Å². The van der Waals surface area contributed by atoms with Crippen molar-refractivity contribution in [3.63, 3.8) is 0 Å². The lowest BCUT2D eigenvalue weighted by Crippen LogP contribution is -2.18. The number of nitrogens with two attached hydrogens (primary N) is 2. The summed E-state index contributed by atoms with van der Waals surface area (Å²) in [5.41, 5.74) is 2.77. The maximum absolute atomic E-state index is 14.0. The van der Waals surface area contributed by atoms with Crippen molar-refractivity contribution in [2.45, 2.75) is 12.4 Å². The van der Waals surface area contributed by atoms with Crippen molar-refractivity contribution in [2.75, 3.05) is 11.5 Å². The lowest BCUT2D eigenvalue weighted by atomic mass is 10.0. The molecule has 0 aliphatic rings. The van der Waals surface area contributed by atoms with Crippen LogP contribution in [-0.2, 0) is 12.4 Å². The van der Waals surface area contributed by atoms with Crippen LogP contribution >= 0.6 is 0 Å². The van der Waals surface area contributed by atoms with E-state index in [9.17, 15) is 52.7 Å². The molecule has 4 nitrogen and oxygen atoms in total. The third-order valence-corrected chi connectivity index (χ3v) is 4.40. The maximum atomic E-state index is 14.0. The van der Waals surface area contributed by atoms with Crippen molar-refractivity contribution in [3.05, 3.63) is 70.3 Å². The van der Waals surface area contributed by atoms with E-state index in [4.69, 9.17) is 11.5 Å². The summed E-state index contributed by atoms with van der Waals surface area (Å²) in [5, 5.41) is 0. The molecule has 0 unspecified atom stereocenters. The fraction of sp³-hybridized carbons (Fsp3) is 0.100. The number of alkyl halides is 6. The van der Waals surface area contributed by atoms with Crippen molar-refractivity contribution < 1.29 is 62.2 Å². The molecular formula is C20H8F12N2O2. The topological polar surface area (TPSA) is 70.5 Å². The molecule has 0 bridgehead atoms. The second-order valence-corrected chi connectivity index (χ2v) is 6.86. The number of hydrogen-bond donors (Lipinski definition) is 2. The van der Waals surface area contributed by atoms with E-state index in [1.54, 1.807) is 0 Å². The summed E-state index contributed by atoms with van der Waals surface area (Å²) in [7, 11) is 0. The molecule has 3 aromatic carbocycles. The number of ether oxygens (including phenoxy) is 2. The smallest absolute Gasteiger partial charge is 0.420 e. The average Bonchev–Trinajstić information content (AvgIpc) is 2.76. The first-order valence-corrected chi connectivity index (χ1v) is 8.97. The molecule has 3 aromatic rings. The van der Waals surface area contributed by atoms with Gasteiger partial charge in [0.1, 0.15) is 17.1 Å². The number of anilines is 2. The van der Waals surface area contributed by atoms with Gasteiger partial charge in [-0.2, -0.15) is 35.1 Å². The van der Waals surface area contributed by atoms with Crippen LogP contribution in [-0.4, -0.2) is 0 Å². The Morgan fingerprint density at radius 1 is 0.500 bits per heavy atom. The first kappa shape index (κ1) is 26.6. The number of hydrogen-bond acceptors (Lipinski definition) is 4. The number of benzene rings is 3. The molecule has 0 aliphatic carbocycles. The van der Waals surface area contributed by atoms with Gasteiger partial charge in [0.15, 0.2) is 34.8 Å². The Hall–Kier alpha value is -3.98. The minimum Gasteiger partial charge on any atom is -0.454 e. The zero-order chi connectivity index (χ0) is 27.3. The van der Waals surface area contributed by atoms with Crippen LogP contribution in [0.3, 0.4) is 0 Å². The monoisotopic (exact) mass is 536 g/mol. The largest absolute Gasteiger partial charge is 0.454 e. The second kappa shape index (κ2) is 8.91. The van der Waals surface area contributed by atoms with Crippen LogP contribution in [0.1, 0.15) is 11.1 Å². The molecular weight excluding hydrogens is 528 g/mol. The summed E-state index contributed by atoms with van der Waals surface area (Å²) in [6, 6.07) is 0.133. The second-order valence-electron chi connectivity index (χ2n) is 6.86. The number of rotatable bonds is 4. The molecule has 36 heavy (non-hydrogen) atoms. The summed E-state index contributed by atoms with van der Waals surface area (Å²) in [5.74, 6) is -18.9. The summed E-state index contributed by atoms with van der Waals surface area (Å²) in [4.78, 5) is 0. The van der Waals surface area contributed by atoms with Crippen LogP contribution < -0.4 is 20.9 Å². The van der Waals surface area contributed by atoms with Gasteiger partial charge in [0.2, 0.25) is 11.6 Å². The molecule has 0 atom stereocenters. The van der Waals surface area contributed by atoms with Crippen molar-refractivity contribution in [1.82, 2.24) is 0 Å².